The van der Waals surface area contributed by atoms with Crippen LogP contribution in [0.1, 0.15) is 5.69 Å². The standard InChI is InChI=1S/C8H13N3O4S2/c1-11(2)17(13,14)10-8-9-6(5-16-8)4-7(12)15-3/h5H,4H2,1-3H3,(H,9,10). The molecule has 17 heavy (non-hydrogen) atoms. The molecule has 0 spiro atoms. The summed E-state index contributed by atoms with van der Waals surface area (Å²) < 4.78 is 30.8. The van der Waals surface area contributed by atoms with Gasteiger partial charge in [0.25, 0.3) is 0 Å². The van der Waals surface area contributed by atoms with Crippen LogP contribution in [0.4, 0.5) is 5.13 Å². The van der Waals surface area contributed by atoms with E-state index in [1.165, 1.54) is 21.2 Å². The van der Waals surface area contributed by atoms with Crippen molar-refractivity contribution in [2.75, 3.05) is 25.9 Å². The van der Waals surface area contributed by atoms with Crippen molar-refractivity contribution in [2.45, 2.75) is 6.42 Å². The van der Waals surface area contributed by atoms with Gasteiger partial charge in [-0.2, -0.15) is 12.7 Å². The van der Waals surface area contributed by atoms with E-state index in [4.69, 9.17) is 0 Å². The van der Waals surface area contributed by atoms with Crippen LogP contribution in [0.3, 0.4) is 0 Å². The highest BCUT2D eigenvalue weighted by Crippen LogP contribution is 2.17. The highest BCUT2D eigenvalue weighted by molar-refractivity contribution is 7.90. The predicted octanol–water partition coefficient (Wildman–Crippen LogP) is 0.0769. The van der Waals surface area contributed by atoms with Crippen LogP contribution in [-0.4, -0.2) is 44.9 Å². The number of methoxy groups -OCH3 is 1. The van der Waals surface area contributed by atoms with Crippen LogP contribution in [0.5, 0.6) is 0 Å². The molecule has 0 aromatic carbocycles. The van der Waals surface area contributed by atoms with Gasteiger partial charge >= 0.3 is 16.2 Å². The summed E-state index contributed by atoms with van der Waals surface area (Å²) in [7, 11) is 0.541. The average molecular weight is 279 g/mol. The summed E-state index contributed by atoms with van der Waals surface area (Å²) in [6.07, 6.45) is 0.0245. The number of nitrogens with one attached hydrogen (secondary N) is 1. The number of anilines is 1. The molecule has 1 aromatic rings. The minimum absolute atomic E-state index is 0.0245. The summed E-state index contributed by atoms with van der Waals surface area (Å²) in [4.78, 5) is 14.9. The monoisotopic (exact) mass is 279 g/mol. The van der Waals surface area contributed by atoms with E-state index in [1.807, 2.05) is 0 Å². The molecule has 0 amide bonds. The fourth-order valence-electron chi connectivity index (χ4n) is 0.857. The zero-order valence-electron chi connectivity index (χ0n) is 9.63. The van der Waals surface area contributed by atoms with Gasteiger partial charge < -0.3 is 4.74 Å². The largest absolute Gasteiger partial charge is 0.469 e. The van der Waals surface area contributed by atoms with Crippen LogP contribution in [0.2, 0.25) is 0 Å². The molecule has 1 aromatic heterocycles. The minimum Gasteiger partial charge on any atom is -0.469 e. The van der Waals surface area contributed by atoms with Gasteiger partial charge in [-0.05, 0) is 0 Å². The Labute approximate surface area is 104 Å². The van der Waals surface area contributed by atoms with Crippen molar-refractivity contribution in [3.63, 3.8) is 0 Å². The van der Waals surface area contributed by atoms with E-state index >= 15 is 0 Å². The lowest BCUT2D eigenvalue weighted by atomic mass is 10.3. The van der Waals surface area contributed by atoms with Crippen molar-refractivity contribution in [1.82, 2.24) is 9.29 Å². The number of carbonyl (C=O) groups excluding carboxylic acids is 1. The van der Waals surface area contributed by atoms with Gasteiger partial charge in [0.15, 0.2) is 5.13 Å². The first-order valence-electron chi connectivity index (χ1n) is 4.56. The van der Waals surface area contributed by atoms with Crippen molar-refractivity contribution in [3.8, 4) is 0 Å². The third kappa shape index (κ3) is 3.95. The first-order valence-corrected chi connectivity index (χ1v) is 6.88. The molecule has 0 radical (unpaired) electrons. The molecule has 9 heteroatoms. The van der Waals surface area contributed by atoms with Crippen LogP contribution in [0.15, 0.2) is 5.38 Å². The summed E-state index contributed by atoms with van der Waals surface area (Å²) in [6, 6.07) is 0. The Morgan fingerprint density at radius 1 is 1.59 bits per heavy atom. The third-order valence-corrected chi connectivity index (χ3v) is 4.15. The van der Waals surface area contributed by atoms with Gasteiger partial charge in [-0.1, -0.05) is 0 Å². The van der Waals surface area contributed by atoms with E-state index in [0.29, 0.717) is 5.69 Å². The third-order valence-electron chi connectivity index (χ3n) is 1.80. The van der Waals surface area contributed by atoms with Gasteiger partial charge in [-0.15, -0.1) is 11.3 Å². The first-order chi connectivity index (χ1) is 7.85. The molecule has 0 atom stereocenters. The lowest BCUT2D eigenvalue weighted by molar-refractivity contribution is -0.139. The Hall–Kier alpha value is -1.19. The smallest absolute Gasteiger partial charge is 0.311 e. The Morgan fingerprint density at radius 2 is 2.24 bits per heavy atom. The highest BCUT2D eigenvalue weighted by atomic mass is 32.2. The number of rotatable bonds is 5. The number of nitrogens with zero attached hydrogens (tertiary/aromatic N) is 2. The maximum absolute atomic E-state index is 11.5. The molecule has 96 valence electrons. The number of aromatic nitrogens is 1. The molecule has 0 unspecified atom stereocenters. The van der Waals surface area contributed by atoms with E-state index in [0.717, 1.165) is 15.6 Å². The molecule has 0 aliphatic heterocycles. The fraction of sp³-hybridized carbons (Fsp3) is 0.500. The molecule has 0 fully saturated rings. The molecule has 0 saturated carbocycles. The first kappa shape index (κ1) is 13.9. The van der Waals surface area contributed by atoms with Crippen molar-refractivity contribution in [3.05, 3.63) is 11.1 Å². The number of ether oxygens (including phenoxy) is 1. The number of thiazole rings is 1. The van der Waals surface area contributed by atoms with Gasteiger partial charge in [-0.3, -0.25) is 4.79 Å². The van der Waals surface area contributed by atoms with Crippen molar-refractivity contribution in [2.24, 2.45) is 0 Å². The Bertz CT molecular complexity index is 495. The van der Waals surface area contributed by atoms with E-state index in [-0.39, 0.29) is 11.6 Å². The van der Waals surface area contributed by atoms with Gasteiger partial charge in [0.2, 0.25) is 0 Å². The van der Waals surface area contributed by atoms with Gasteiger partial charge in [0.05, 0.1) is 19.2 Å². The molecule has 1 N–H and O–H groups in total. The molecular weight excluding hydrogens is 266 g/mol. The molecule has 0 aliphatic carbocycles. The maximum Gasteiger partial charge on any atom is 0.311 e. The molecule has 0 bridgehead atoms. The lowest BCUT2D eigenvalue weighted by Crippen LogP contribution is -2.28. The lowest BCUT2D eigenvalue weighted by Gasteiger charge is -2.10. The fourth-order valence-corrected chi connectivity index (χ4v) is 2.37. The van der Waals surface area contributed by atoms with Crippen LogP contribution >= 0.6 is 11.3 Å². The summed E-state index contributed by atoms with van der Waals surface area (Å²) >= 11 is 1.11. The Kier molecular flexibility index (Phi) is 4.43. The molecule has 1 heterocycles. The summed E-state index contributed by atoms with van der Waals surface area (Å²) in [5.41, 5.74) is 0.471. The summed E-state index contributed by atoms with van der Waals surface area (Å²) in [5, 5.41) is 1.82. The number of esters is 1. The number of hydrogen-bond donors (Lipinski definition) is 1. The second kappa shape index (κ2) is 5.43. The molecular formula is C8H13N3O4S2. The molecule has 1 rings (SSSR count). The zero-order chi connectivity index (χ0) is 13.1. The zero-order valence-corrected chi connectivity index (χ0v) is 11.3. The van der Waals surface area contributed by atoms with Crippen molar-refractivity contribution < 1.29 is 17.9 Å². The molecule has 0 saturated heterocycles. The van der Waals surface area contributed by atoms with E-state index in [1.54, 1.807) is 5.38 Å². The van der Waals surface area contributed by atoms with E-state index in [9.17, 15) is 13.2 Å². The Balaban J connectivity index is 2.73. The summed E-state index contributed by atoms with van der Waals surface area (Å²) in [6.45, 7) is 0. The van der Waals surface area contributed by atoms with E-state index in [2.05, 4.69) is 14.4 Å². The average Bonchev–Trinajstić information content (AvgIpc) is 2.64. The van der Waals surface area contributed by atoms with Crippen LogP contribution < -0.4 is 4.72 Å². The van der Waals surface area contributed by atoms with E-state index < -0.39 is 16.2 Å². The SMILES string of the molecule is COC(=O)Cc1csc(NS(=O)(=O)N(C)C)n1. The number of carbonyl (C=O) groups is 1. The quantitative estimate of drug-likeness (QED) is 0.771. The molecule has 7 nitrogen and oxygen atoms in total. The summed E-state index contributed by atoms with van der Waals surface area (Å²) in [5.74, 6) is -0.419. The maximum atomic E-state index is 11.5. The van der Waals surface area contributed by atoms with Gasteiger partial charge in [-0.25, -0.2) is 9.71 Å². The van der Waals surface area contributed by atoms with Crippen molar-refractivity contribution in [1.29, 1.82) is 0 Å². The highest BCUT2D eigenvalue weighted by Gasteiger charge is 2.16. The van der Waals surface area contributed by atoms with Crippen LogP contribution in [0, 0.1) is 0 Å². The van der Waals surface area contributed by atoms with Crippen LogP contribution in [-0.2, 0) is 26.2 Å². The van der Waals surface area contributed by atoms with Gasteiger partial charge in [0, 0.05) is 19.5 Å². The second-order valence-corrected chi connectivity index (χ2v) is 6.03. The normalized spacial score (nSPS) is 11.5. The minimum atomic E-state index is -3.56. The van der Waals surface area contributed by atoms with Gasteiger partial charge in [0.1, 0.15) is 0 Å². The topological polar surface area (TPSA) is 88.6 Å². The predicted molar refractivity (Wildman–Crippen MR) is 64.1 cm³/mol. The number of hydrogen-bond acceptors (Lipinski definition) is 6. The molecule has 0 aliphatic rings. The Morgan fingerprint density at radius 3 is 2.76 bits per heavy atom. The second-order valence-electron chi connectivity index (χ2n) is 3.29. The van der Waals surface area contributed by atoms with Crippen molar-refractivity contribution >= 4 is 32.6 Å². The van der Waals surface area contributed by atoms with Crippen LogP contribution in [0.25, 0.3) is 0 Å².